The van der Waals surface area contributed by atoms with E-state index < -0.39 is 16.4 Å². The van der Waals surface area contributed by atoms with E-state index in [4.69, 9.17) is 10.8 Å². The zero-order valence-corrected chi connectivity index (χ0v) is 23.9. The number of allylic oxidation sites excluding steroid dienone is 4. The average Bonchev–Trinajstić information content (AvgIpc) is 2.63. The fourth-order valence-electron chi connectivity index (χ4n) is 3.77. The summed E-state index contributed by atoms with van der Waals surface area (Å²) in [7, 11) is -2.49. The van der Waals surface area contributed by atoms with Gasteiger partial charge >= 0.3 is 0 Å². The normalized spacial score (nSPS) is 27.0. The largest absolute Gasteiger partial charge is 0.547 e. The lowest BCUT2D eigenvalue weighted by Crippen LogP contribution is -2.28. The molecule has 1 unspecified atom stereocenters. The van der Waals surface area contributed by atoms with Crippen molar-refractivity contribution >= 4 is 16.4 Å². The summed E-state index contributed by atoms with van der Waals surface area (Å²) >= 11 is 0. The van der Waals surface area contributed by atoms with Gasteiger partial charge in [-0.05, 0) is 70.2 Å². The van der Waals surface area contributed by atoms with Gasteiger partial charge in [-0.1, -0.05) is 65.1 Å². The lowest BCUT2D eigenvalue weighted by atomic mass is 9.68. The second-order valence-corrected chi connectivity index (χ2v) is 20.7. The highest BCUT2D eigenvalue weighted by Gasteiger charge is 2.30. The number of rotatable bonds is 3. The van der Waals surface area contributed by atoms with Gasteiger partial charge in [0.1, 0.15) is 8.07 Å². The van der Waals surface area contributed by atoms with Crippen LogP contribution in [0.1, 0.15) is 66.2 Å². The van der Waals surface area contributed by atoms with E-state index in [1.54, 1.807) is 0 Å². The van der Waals surface area contributed by atoms with E-state index in [0.29, 0.717) is 11.8 Å². The highest BCUT2D eigenvalue weighted by atomic mass is 28.4. The first-order valence-electron chi connectivity index (χ1n) is 11.8. The lowest BCUT2D eigenvalue weighted by Gasteiger charge is -2.37. The molecule has 0 saturated heterocycles. The van der Waals surface area contributed by atoms with Crippen molar-refractivity contribution in [3.63, 3.8) is 0 Å². The molecule has 3 atom stereocenters. The van der Waals surface area contributed by atoms with Crippen molar-refractivity contribution in [2.75, 3.05) is 0 Å². The van der Waals surface area contributed by atoms with Gasteiger partial charge in [-0.25, -0.2) is 0 Å². The first-order chi connectivity index (χ1) is 13.6. The molecule has 1 fully saturated rings. The Balaban J connectivity index is 0.000000450. The molecule has 2 aliphatic carbocycles. The van der Waals surface area contributed by atoms with E-state index in [9.17, 15) is 0 Å². The van der Waals surface area contributed by atoms with Gasteiger partial charge in [-0.15, -0.1) is 18.5 Å². The maximum atomic E-state index is 6.12. The molecule has 0 heterocycles. The van der Waals surface area contributed by atoms with Gasteiger partial charge in [-0.2, -0.15) is 0 Å². The molecule has 0 aromatic heterocycles. The minimum Gasteiger partial charge on any atom is -0.547 e. The molecule has 0 spiro atoms. The van der Waals surface area contributed by atoms with Gasteiger partial charge in [0.2, 0.25) is 8.32 Å². The molecule has 0 amide bonds. The maximum absolute atomic E-state index is 6.12. The van der Waals surface area contributed by atoms with Gasteiger partial charge in [0.15, 0.2) is 0 Å². The summed E-state index contributed by atoms with van der Waals surface area (Å²) in [5, 5.41) is 0. The van der Waals surface area contributed by atoms with Crippen LogP contribution >= 0.6 is 0 Å². The summed E-state index contributed by atoms with van der Waals surface area (Å²) in [6.07, 6.45) is 14.9. The predicted octanol–water partition coefficient (Wildman–Crippen LogP) is 8.98. The standard InChI is InChI=1S/C11H22OSi.C11H18.C5H10Si/c1-9-7-6-8-10(2)11(9)12-13(3,4)5;1-5-11(4)8-6-7-9(2)10(11)3;1-5-6(2,3)4/h9H,6-8H2,1-5H3;5,9H,1,3,6-8H2,2,4H3;1H,2-4H3/t;9-,11+;/m.1./s1. The Bertz CT molecular complexity index is 639. The van der Waals surface area contributed by atoms with E-state index in [0.717, 1.165) is 0 Å². The zero-order valence-electron chi connectivity index (χ0n) is 21.9. The molecule has 0 aromatic rings. The zero-order chi connectivity index (χ0) is 23.8. The summed E-state index contributed by atoms with van der Waals surface area (Å²) in [6, 6.07) is 0. The van der Waals surface area contributed by atoms with Crippen LogP contribution < -0.4 is 0 Å². The maximum Gasteiger partial charge on any atom is 0.241 e. The van der Waals surface area contributed by atoms with Gasteiger partial charge in [-0.3, -0.25) is 0 Å². The summed E-state index contributed by atoms with van der Waals surface area (Å²) in [6.45, 7) is 30.3. The summed E-state index contributed by atoms with van der Waals surface area (Å²) in [5.41, 5.74) is 5.82. The first kappa shape index (κ1) is 29.0. The molecular weight excluding hydrogens is 396 g/mol. The Hall–Kier alpha value is -0.986. The van der Waals surface area contributed by atoms with Crippen molar-refractivity contribution in [3.8, 4) is 12.0 Å². The van der Waals surface area contributed by atoms with Crippen LogP contribution in [0.15, 0.2) is 36.1 Å². The van der Waals surface area contributed by atoms with Gasteiger partial charge in [0.25, 0.3) is 0 Å². The van der Waals surface area contributed by atoms with E-state index in [1.807, 2.05) is 0 Å². The minimum absolute atomic E-state index is 0.220. The Kier molecular flexibility index (Phi) is 11.8. The third kappa shape index (κ3) is 10.9. The summed E-state index contributed by atoms with van der Waals surface area (Å²) in [5.74, 6) is 2.65. The molecular formula is C27H50OSi2. The van der Waals surface area contributed by atoms with Crippen LogP contribution in [0.5, 0.6) is 0 Å². The summed E-state index contributed by atoms with van der Waals surface area (Å²) < 4.78 is 6.12. The number of hydrogen-bond donors (Lipinski definition) is 0. The SMILES string of the molecule is C#C[Si](C)(C)C.C=C[C@@]1(C)CCC[C@@H](C)C1=C.CC1=C(O[Si](C)(C)C)C(C)CCC1. The number of terminal acetylenes is 1. The molecule has 30 heavy (non-hydrogen) atoms. The molecule has 0 radical (unpaired) electrons. The van der Waals surface area contributed by atoms with Crippen LogP contribution in [0.3, 0.4) is 0 Å². The molecule has 2 rings (SSSR count). The fraction of sp³-hybridized carbons (Fsp3) is 0.704. The van der Waals surface area contributed by atoms with E-state index in [1.165, 1.54) is 55.4 Å². The number of hydrogen-bond acceptors (Lipinski definition) is 1. The van der Waals surface area contributed by atoms with Crippen molar-refractivity contribution in [1.82, 2.24) is 0 Å². The molecule has 3 heteroatoms. The third-order valence-corrected chi connectivity index (χ3v) is 7.72. The molecule has 0 N–H and O–H groups in total. The van der Waals surface area contributed by atoms with E-state index in [2.05, 4.69) is 91.8 Å². The highest BCUT2D eigenvalue weighted by Crippen LogP contribution is 2.43. The van der Waals surface area contributed by atoms with Crippen LogP contribution in [0.4, 0.5) is 0 Å². The Morgan fingerprint density at radius 3 is 1.93 bits per heavy atom. The average molecular weight is 447 g/mol. The summed E-state index contributed by atoms with van der Waals surface area (Å²) in [4.78, 5) is 0. The van der Waals surface area contributed by atoms with Crippen molar-refractivity contribution in [3.05, 3.63) is 36.1 Å². The topological polar surface area (TPSA) is 9.23 Å². The van der Waals surface area contributed by atoms with Crippen LogP contribution in [0.2, 0.25) is 39.3 Å². The van der Waals surface area contributed by atoms with Gasteiger partial charge in [0, 0.05) is 11.3 Å². The minimum atomic E-state index is -1.39. The van der Waals surface area contributed by atoms with Crippen molar-refractivity contribution < 1.29 is 4.43 Å². The van der Waals surface area contributed by atoms with E-state index in [-0.39, 0.29) is 5.41 Å². The lowest BCUT2D eigenvalue weighted by molar-refractivity contribution is 0.315. The molecule has 172 valence electrons. The Morgan fingerprint density at radius 2 is 1.57 bits per heavy atom. The smallest absolute Gasteiger partial charge is 0.241 e. The van der Waals surface area contributed by atoms with Crippen LogP contribution in [-0.2, 0) is 4.43 Å². The Labute approximate surface area is 191 Å². The van der Waals surface area contributed by atoms with Crippen LogP contribution in [0.25, 0.3) is 0 Å². The first-order valence-corrected chi connectivity index (χ1v) is 18.7. The molecule has 0 bridgehead atoms. The molecule has 0 aromatic carbocycles. The molecule has 2 aliphatic rings. The van der Waals surface area contributed by atoms with Crippen molar-refractivity contribution in [1.29, 1.82) is 0 Å². The van der Waals surface area contributed by atoms with Gasteiger partial charge < -0.3 is 4.43 Å². The fourth-order valence-corrected chi connectivity index (χ4v) is 4.81. The molecule has 1 nitrogen and oxygen atoms in total. The molecule has 1 saturated carbocycles. The van der Waals surface area contributed by atoms with Crippen molar-refractivity contribution in [2.45, 2.75) is 106 Å². The third-order valence-electron chi connectivity index (χ3n) is 6.02. The van der Waals surface area contributed by atoms with E-state index >= 15 is 0 Å². The molecule has 0 aliphatic heterocycles. The predicted molar refractivity (Wildman–Crippen MR) is 143 cm³/mol. The van der Waals surface area contributed by atoms with Crippen molar-refractivity contribution in [2.24, 2.45) is 17.3 Å². The second-order valence-electron chi connectivity index (χ2n) is 11.5. The monoisotopic (exact) mass is 446 g/mol. The van der Waals surface area contributed by atoms with Gasteiger partial charge in [0.05, 0.1) is 5.76 Å². The second kappa shape index (κ2) is 12.2. The highest BCUT2D eigenvalue weighted by molar-refractivity contribution is 6.83. The Morgan fingerprint density at radius 1 is 1.07 bits per heavy atom. The quantitative estimate of drug-likeness (QED) is 0.239. The van der Waals surface area contributed by atoms with Crippen LogP contribution in [0, 0.1) is 29.2 Å². The van der Waals surface area contributed by atoms with Crippen LogP contribution in [-0.4, -0.2) is 16.4 Å².